The minimum absolute atomic E-state index is 0.0854. The molecule has 0 heterocycles. The first kappa shape index (κ1) is 15.5. The maximum Gasteiger partial charge on any atom is 0.253 e. The number of rotatable bonds is 7. The van der Waals surface area contributed by atoms with Gasteiger partial charge in [-0.2, -0.15) is 0 Å². The summed E-state index contributed by atoms with van der Waals surface area (Å²) < 4.78 is 0. The Labute approximate surface area is 115 Å². The Bertz CT molecular complexity index is 418. The number of benzene rings is 1. The Morgan fingerprint density at radius 3 is 2.68 bits per heavy atom. The fraction of sp³-hybridized carbons (Fsp3) is 0.500. The molecule has 0 spiro atoms. The number of anilines is 1. The van der Waals surface area contributed by atoms with Crippen molar-refractivity contribution in [2.45, 2.75) is 19.8 Å². The number of carbonyl (C=O) groups excluding carboxylic acids is 1. The molecule has 1 amide bonds. The van der Waals surface area contributed by atoms with Crippen LogP contribution in [0.2, 0.25) is 0 Å². The molecule has 0 saturated carbocycles. The summed E-state index contributed by atoms with van der Waals surface area (Å²) in [7, 11) is 4.09. The van der Waals surface area contributed by atoms with Crippen molar-refractivity contribution in [2.75, 3.05) is 32.6 Å². The van der Waals surface area contributed by atoms with Gasteiger partial charge in [0.15, 0.2) is 0 Å². The van der Waals surface area contributed by atoms with Gasteiger partial charge in [-0.25, -0.2) is 0 Å². The van der Waals surface area contributed by atoms with Gasteiger partial charge in [-0.05, 0) is 58.1 Å². The van der Waals surface area contributed by atoms with Crippen LogP contribution in [0.1, 0.15) is 28.8 Å². The van der Waals surface area contributed by atoms with Crippen molar-refractivity contribution in [1.29, 1.82) is 0 Å². The van der Waals surface area contributed by atoms with E-state index in [2.05, 4.69) is 15.6 Å². The Morgan fingerprint density at radius 2 is 2.05 bits per heavy atom. The zero-order valence-electron chi connectivity index (χ0n) is 12.0. The van der Waals surface area contributed by atoms with E-state index in [-0.39, 0.29) is 5.91 Å². The summed E-state index contributed by atoms with van der Waals surface area (Å²) in [5.74, 6) is 5.35. The maximum atomic E-state index is 12.0. The van der Waals surface area contributed by atoms with E-state index < -0.39 is 0 Å². The number of unbranched alkanes of at least 4 members (excludes halogenated alkanes) is 1. The average molecular weight is 264 g/mol. The number of amides is 1. The third kappa shape index (κ3) is 5.28. The lowest BCUT2D eigenvalue weighted by Gasteiger charge is -2.11. The van der Waals surface area contributed by atoms with E-state index in [4.69, 9.17) is 5.84 Å². The minimum atomic E-state index is -0.0854. The predicted octanol–water partition coefficient (Wildman–Crippen LogP) is 1.35. The number of nitrogens with two attached hydrogens (primary N) is 1. The molecule has 0 aliphatic carbocycles. The van der Waals surface area contributed by atoms with Gasteiger partial charge in [0, 0.05) is 6.54 Å². The number of nitrogen functional groups attached to an aromatic ring is 1. The molecule has 0 aromatic heterocycles. The van der Waals surface area contributed by atoms with Gasteiger partial charge in [0.25, 0.3) is 5.91 Å². The molecule has 0 aliphatic rings. The van der Waals surface area contributed by atoms with Crippen LogP contribution in [0.4, 0.5) is 5.69 Å². The highest BCUT2D eigenvalue weighted by atomic mass is 16.1. The van der Waals surface area contributed by atoms with E-state index in [9.17, 15) is 4.79 Å². The molecule has 0 aliphatic heterocycles. The predicted molar refractivity (Wildman–Crippen MR) is 79.1 cm³/mol. The van der Waals surface area contributed by atoms with Crippen molar-refractivity contribution in [3.8, 4) is 0 Å². The van der Waals surface area contributed by atoms with Crippen molar-refractivity contribution in [2.24, 2.45) is 5.84 Å². The van der Waals surface area contributed by atoms with Crippen LogP contribution in [0.5, 0.6) is 0 Å². The number of nitrogens with one attached hydrogen (secondary N) is 2. The highest BCUT2D eigenvalue weighted by Crippen LogP contribution is 2.16. The van der Waals surface area contributed by atoms with Crippen molar-refractivity contribution < 1.29 is 4.79 Å². The third-order valence-electron chi connectivity index (χ3n) is 2.89. The van der Waals surface area contributed by atoms with Gasteiger partial charge in [-0.15, -0.1) is 0 Å². The van der Waals surface area contributed by atoms with Crippen molar-refractivity contribution in [1.82, 2.24) is 10.2 Å². The Morgan fingerprint density at radius 1 is 1.32 bits per heavy atom. The zero-order chi connectivity index (χ0) is 14.3. The van der Waals surface area contributed by atoms with Gasteiger partial charge >= 0.3 is 0 Å². The molecule has 1 rings (SSSR count). The molecule has 0 bridgehead atoms. The number of carbonyl (C=O) groups is 1. The van der Waals surface area contributed by atoms with Crippen LogP contribution in [0, 0.1) is 6.92 Å². The standard InChI is InChI=1S/C14H24N4O/c1-11-6-7-12(13(10-11)17-15)14(19)16-8-4-5-9-18(2)3/h6-7,10,17H,4-5,8-9,15H2,1-3H3,(H,16,19). The molecular weight excluding hydrogens is 240 g/mol. The van der Waals surface area contributed by atoms with Crippen molar-refractivity contribution in [3.05, 3.63) is 29.3 Å². The Kier molecular flexibility index (Phi) is 6.32. The number of hydrogen-bond acceptors (Lipinski definition) is 4. The monoisotopic (exact) mass is 264 g/mol. The number of hydrazine groups is 1. The molecule has 5 nitrogen and oxygen atoms in total. The van der Waals surface area contributed by atoms with E-state index in [1.807, 2.05) is 33.2 Å². The molecule has 0 radical (unpaired) electrons. The SMILES string of the molecule is Cc1ccc(C(=O)NCCCCN(C)C)c(NN)c1. The molecule has 0 unspecified atom stereocenters. The summed E-state index contributed by atoms with van der Waals surface area (Å²) in [5, 5.41) is 2.91. The summed E-state index contributed by atoms with van der Waals surface area (Å²) in [4.78, 5) is 14.2. The summed E-state index contributed by atoms with van der Waals surface area (Å²) >= 11 is 0. The fourth-order valence-electron chi connectivity index (χ4n) is 1.83. The first-order valence-corrected chi connectivity index (χ1v) is 6.55. The average Bonchev–Trinajstić information content (AvgIpc) is 2.37. The highest BCUT2D eigenvalue weighted by molar-refractivity contribution is 5.99. The van der Waals surface area contributed by atoms with Crippen LogP contribution in [0.25, 0.3) is 0 Å². The maximum absolute atomic E-state index is 12.0. The molecule has 5 heteroatoms. The van der Waals surface area contributed by atoms with E-state index in [1.54, 1.807) is 6.07 Å². The van der Waals surface area contributed by atoms with E-state index in [0.717, 1.165) is 24.9 Å². The third-order valence-corrected chi connectivity index (χ3v) is 2.89. The van der Waals surface area contributed by atoms with E-state index in [1.165, 1.54) is 0 Å². The molecule has 0 fully saturated rings. The van der Waals surface area contributed by atoms with Gasteiger partial charge < -0.3 is 15.6 Å². The van der Waals surface area contributed by atoms with Crippen LogP contribution < -0.4 is 16.6 Å². The van der Waals surface area contributed by atoms with Crippen LogP contribution in [-0.2, 0) is 0 Å². The smallest absolute Gasteiger partial charge is 0.253 e. The van der Waals surface area contributed by atoms with Crippen molar-refractivity contribution >= 4 is 11.6 Å². The summed E-state index contributed by atoms with van der Waals surface area (Å²) in [6.07, 6.45) is 2.05. The van der Waals surface area contributed by atoms with Gasteiger partial charge in [0.2, 0.25) is 0 Å². The normalized spacial score (nSPS) is 10.6. The summed E-state index contributed by atoms with van der Waals surface area (Å²) in [6, 6.07) is 5.56. The van der Waals surface area contributed by atoms with Crippen LogP contribution in [0.15, 0.2) is 18.2 Å². The number of aryl methyl sites for hydroxylation is 1. The quantitative estimate of drug-likeness (QED) is 0.395. The summed E-state index contributed by atoms with van der Waals surface area (Å²) in [6.45, 7) is 3.68. The Hall–Kier alpha value is -1.59. The number of nitrogens with zero attached hydrogens (tertiary/aromatic N) is 1. The largest absolute Gasteiger partial charge is 0.352 e. The first-order chi connectivity index (χ1) is 9.04. The van der Waals surface area contributed by atoms with Gasteiger partial charge in [-0.1, -0.05) is 6.07 Å². The molecule has 0 atom stereocenters. The van der Waals surface area contributed by atoms with E-state index >= 15 is 0 Å². The van der Waals surface area contributed by atoms with Gasteiger partial charge in [0.05, 0.1) is 11.3 Å². The molecule has 0 saturated heterocycles. The molecular formula is C14H24N4O. The fourth-order valence-corrected chi connectivity index (χ4v) is 1.83. The van der Waals surface area contributed by atoms with Gasteiger partial charge in [0.1, 0.15) is 0 Å². The second-order valence-electron chi connectivity index (χ2n) is 4.96. The lowest BCUT2D eigenvalue weighted by Crippen LogP contribution is -2.26. The zero-order valence-corrected chi connectivity index (χ0v) is 12.0. The molecule has 1 aromatic carbocycles. The minimum Gasteiger partial charge on any atom is -0.352 e. The van der Waals surface area contributed by atoms with Crippen LogP contribution in [0.3, 0.4) is 0 Å². The molecule has 4 N–H and O–H groups in total. The van der Waals surface area contributed by atoms with Crippen LogP contribution >= 0.6 is 0 Å². The second-order valence-corrected chi connectivity index (χ2v) is 4.96. The van der Waals surface area contributed by atoms with Crippen LogP contribution in [-0.4, -0.2) is 38.0 Å². The summed E-state index contributed by atoms with van der Waals surface area (Å²) in [5.41, 5.74) is 4.87. The molecule has 106 valence electrons. The highest BCUT2D eigenvalue weighted by Gasteiger charge is 2.10. The van der Waals surface area contributed by atoms with Gasteiger partial charge in [-0.3, -0.25) is 10.6 Å². The number of hydrogen-bond donors (Lipinski definition) is 3. The van der Waals surface area contributed by atoms with E-state index in [0.29, 0.717) is 17.8 Å². The molecule has 19 heavy (non-hydrogen) atoms. The topological polar surface area (TPSA) is 70.4 Å². The second kappa shape index (κ2) is 7.76. The molecule has 1 aromatic rings. The lowest BCUT2D eigenvalue weighted by atomic mass is 10.1. The Balaban J connectivity index is 2.45. The van der Waals surface area contributed by atoms with Crippen molar-refractivity contribution in [3.63, 3.8) is 0 Å². The first-order valence-electron chi connectivity index (χ1n) is 6.55. The lowest BCUT2D eigenvalue weighted by molar-refractivity contribution is 0.0953.